The van der Waals surface area contributed by atoms with Crippen LogP contribution in [-0.4, -0.2) is 31.5 Å². The summed E-state index contributed by atoms with van der Waals surface area (Å²) in [7, 11) is 1.62. The Kier molecular flexibility index (Phi) is 7.67. The van der Waals surface area contributed by atoms with Crippen molar-refractivity contribution in [2.75, 3.05) is 13.7 Å². The van der Waals surface area contributed by atoms with Gasteiger partial charge in [-0.25, -0.2) is 0 Å². The maximum Gasteiger partial charge on any atom is 0.253 e. The molecule has 2 aromatic carbocycles. The van der Waals surface area contributed by atoms with Crippen LogP contribution < -0.4 is 15.4 Å². The number of rotatable bonds is 8. The highest BCUT2D eigenvalue weighted by Gasteiger charge is 2.25. The number of benzene rings is 2. The predicted molar refractivity (Wildman–Crippen MR) is 107 cm³/mol. The summed E-state index contributed by atoms with van der Waals surface area (Å²) in [4.78, 5) is 25.1. The summed E-state index contributed by atoms with van der Waals surface area (Å²) in [5, 5.41) is 6.03. The molecule has 0 heterocycles. The van der Waals surface area contributed by atoms with Gasteiger partial charge >= 0.3 is 0 Å². The van der Waals surface area contributed by atoms with E-state index in [-0.39, 0.29) is 17.7 Å². The fourth-order valence-corrected chi connectivity index (χ4v) is 2.96. The second-order valence-electron chi connectivity index (χ2n) is 6.53. The maximum atomic E-state index is 12.6. The summed E-state index contributed by atoms with van der Waals surface area (Å²) in [6, 6.07) is 13.8. The van der Waals surface area contributed by atoms with Crippen LogP contribution >= 0.6 is 11.6 Å². The summed E-state index contributed by atoms with van der Waals surface area (Å²) >= 11 is 6.07. The molecule has 1 unspecified atom stereocenters. The molecule has 0 radical (unpaired) electrons. The third-order valence-corrected chi connectivity index (χ3v) is 4.57. The molecular weight excluding hydrogens is 364 g/mol. The van der Waals surface area contributed by atoms with Crippen molar-refractivity contribution < 1.29 is 14.3 Å². The minimum atomic E-state index is -0.647. The Morgan fingerprint density at radius 2 is 1.74 bits per heavy atom. The first-order valence-corrected chi connectivity index (χ1v) is 9.26. The number of hydrogen-bond donors (Lipinski definition) is 2. The molecule has 0 saturated carbocycles. The van der Waals surface area contributed by atoms with Crippen LogP contribution in [0.4, 0.5) is 0 Å². The molecule has 2 rings (SSSR count). The molecule has 0 aliphatic carbocycles. The van der Waals surface area contributed by atoms with Gasteiger partial charge < -0.3 is 15.4 Å². The zero-order valence-electron chi connectivity index (χ0n) is 15.8. The summed E-state index contributed by atoms with van der Waals surface area (Å²) in [6.45, 7) is 4.22. The first-order valence-electron chi connectivity index (χ1n) is 8.89. The van der Waals surface area contributed by atoms with Gasteiger partial charge in [0, 0.05) is 6.54 Å². The van der Waals surface area contributed by atoms with Gasteiger partial charge in [-0.15, -0.1) is 0 Å². The van der Waals surface area contributed by atoms with Gasteiger partial charge in [0.25, 0.3) is 5.91 Å². The standard InChI is InChI=1S/C21H25ClN2O3/c1-14(2)19(24-20(25)16-9-5-6-10-17(16)22)21(26)23-13-12-15-8-4-7-11-18(15)27-3/h4-11,14,19H,12-13H2,1-3H3,(H,23,26)(H,24,25). The molecule has 5 nitrogen and oxygen atoms in total. The molecule has 27 heavy (non-hydrogen) atoms. The van der Waals surface area contributed by atoms with Crippen LogP contribution in [0, 0.1) is 5.92 Å². The van der Waals surface area contributed by atoms with E-state index in [9.17, 15) is 9.59 Å². The molecule has 0 aliphatic rings. The van der Waals surface area contributed by atoms with Gasteiger partial charge in [-0.2, -0.15) is 0 Å². The Balaban J connectivity index is 1.96. The van der Waals surface area contributed by atoms with E-state index in [4.69, 9.17) is 16.3 Å². The van der Waals surface area contributed by atoms with Crippen molar-refractivity contribution in [3.8, 4) is 5.75 Å². The van der Waals surface area contributed by atoms with Gasteiger partial charge in [0.1, 0.15) is 11.8 Å². The van der Waals surface area contributed by atoms with Gasteiger partial charge in [-0.05, 0) is 36.1 Å². The SMILES string of the molecule is COc1ccccc1CCNC(=O)C(NC(=O)c1ccccc1Cl)C(C)C. The molecule has 144 valence electrons. The predicted octanol–water partition coefficient (Wildman–Crippen LogP) is 3.46. The van der Waals surface area contributed by atoms with Gasteiger partial charge in [-0.1, -0.05) is 55.8 Å². The molecule has 2 aromatic rings. The van der Waals surface area contributed by atoms with Crippen molar-refractivity contribution in [1.82, 2.24) is 10.6 Å². The third-order valence-electron chi connectivity index (χ3n) is 4.24. The van der Waals surface area contributed by atoms with Gasteiger partial charge in [-0.3, -0.25) is 9.59 Å². The molecule has 0 bridgehead atoms. The van der Waals surface area contributed by atoms with Crippen molar-refractivity contribution in [2.45, 2.75) is 26.3 Å². The number of halogens is 1. The molecule has 0 aliphatic heterocycles. The molecule has 0 aromatic heterocycles. The maximum absolute atomic E-state index is 12.6. The lowest BCUT2D eigenvalue weighted by atomic mass is 10.0. The van der Waals surface area contributed by atoms with Crippen LogP contribution in [0.25, 0.3) is 0 Å². The third kappa shape index (κ3) is 5.73. The van der Waals surface area contributed by atoms with Crippen molar-refractivity contribution in [3.05, 3.63) is 64.7 Å². The number of methoxy groups -OCH3 is 1. The summed E-state index contributed by atoms with van der Waals surface area (Å²) in [5.74, 6) is 0.140. The number of amides is 2. The Labute approximate surface area is 165 Å². The van der Waals surface area contributed by atoms with Crippen LogP contribution in [0.15, 0.2) is 48.5 Å². The normalized spacial score (nSPS) is 11.7. The van der Waals surface area contributed by atoms with E-state index in [1.165, 1.54) is 0 Å². The average Bonchev–Trinajstić information content (AvgIpc) is 2.66. The molecule has 1 atom stereocenters. The molecule has 6 heteroatoms. The number of ether oxygens (including phenoxy) is 1. The van der Waals surface area contributed by atoms with Gasteiger partial charge in [0.05, 0.1) is 17.7 Å². The quantitative estimate of drug-likeness (QED) is 0.727. The van der Waals surface area contributed by atoms with Crippen LogP contribution in [0.1, 0.15) is 29.8 Å². The van der Waals surface area contributed by atoms with Crippen LogP contribution in [0.5, 0.6) is 5.75 Å². The average molecular weight is 389 g/mol. The number of nitrogens with one attached hydrogen (secondary N) is 2. The van der Waals surface area contributed by atoms with Crippen molar-refractivity contribution >= 4 is 23.4 Å². The molecular formula is C21H25ClN2O3. The Bertz CT molecular complexity index is 793. The van der Waals surface area contributed by atoms with Crippen LogP contribution in [0.3, 0.4) is 0 Å². The highest BCUT2D eigenvalue weighted by molar-refractivity contribution is 6.33. The Morgan fingerprint density at radius 3 is 2.41 bits per heavy atom. The van der Waals surface area contributed by atoms with Crippen LogP contribution in [0.2, 0.25) is 5.02 Å². The smallest absolute Gasteiger partial charge is 0.253 e. The van der Waals surface area contributed by atoms with E-state index in [1.54, 1.807) is 31.4 Å². The van der Waals surface area contributed by atoms with Crippen molar-refractivity contribution in [1.29, 1.82) is 0 Å². The zero-order chi connectivity index (χ0) is 19.8. The monoisotopic (exact) mass is 388 g/mol. The van der Waals surface area contributed by atoms with Crippen molar-refractivity contribution in [3.63, 3.8) is 0 Å². The fraction of sp³-hybridized carbons (Fsp3) is 0.333. The second-order valence-corrected chi connectivity index (χ2v) is 6.94. The Hall–Kier alpha value is -2.53. The van der Waals surface area contributed by atoms with E-state index < -0.39 is 6.04 Å². The highest BCUT2D eigenvalue weighted by atomic mass is 35.5. The lowest BCUT2D eigenvalue weighted by molar-refractivity contribution is -0.123. The van der Waals surface area contributed by atoms with E-state index in [0.29, 0.717) is 23.6 Å². The number of carbonyl (C=O) groups is 2. The molecule has 2 N–H and O–H groups in total. The fourth-order valence-electron chi connectivity index (χ4n) is 2.74. The molecule has 0 spiro atoms. The molecule has 0 fully saturated rings. The summed E-state index contributed by atoms with van der Waals surface area (Å²) in [5.41, 5.74) is 1.37. The van der Waals surface area contributed by atoms with Crippen LogP contribution in [-0.2, 0) is 11.2 Å². The number of carbonyl (C=O) groups excluding carboxylic acids is 2. The highest BCUT2D eigenvalue weighted by Crippen LogP contribution is 2.18. The lowest BCUT2D eigenvalue weighted by Crippen LogP contribution is -2.50. The largest absolute Gasteiger partial charge is 0.496 e. The number of para-hydroxylation sites is 1. The van der Waals surface area contributed by atoms with E-state index in [2.05, 4.69) is 10.6 Å². The molecule has 2 amide bonds. The minimum absolute atomic E-state index is 0.0669. The minimum Gasteiger partial charge on any atom is -0.496 e. The zero-order valence-corrected chi connectivity index (χ0v) is 16.5. The second kappa shape index (κ2) is 9.97. The van der Waals surface area contributed by atoms with E-state index in [1.807, 2.05) is 38.1 Å². The molecule has 0 saturated heterocycles. The van der Waals surface area contributed by atoms with E-state index >= 15 is 0 Å². The lowest BCUT2D eigenvalue weighted by Gasteiger charge is -2.22. The first kappa shape index (κ1) is 20.8. The van der Waals surface area contributed by atoms with Crippen molar-refractivity contribution in [2.24, 2.45) is 5.92 Å². The topological polar surface area (TPSA) is 67.4 Å². The van der Waals surface area contributed by atoms with Gasteiger partial charge in [0.15, 0.2) is 0 Å². The summed E-state index contributed by atoms with van der Waals surface area (Å²) < 4.78 is 5.32. The Morgan fingerprint density at radius 1 is 1.07 bits per heavy atom. The van der Waals surface area contributed by atoms with E-state index in [0.717, 1.165) is 11.3 Å². The first-order chi connectivity index (χ1) is 12.9. The summed E-state index contributed by atoms with van der Waals surface area (Å²) in [6.07, 6.45) is 0.638. The number of hydrogen-bond acceptors (Lipinski definition) is 3. The van der Waals surface area contributed by atoms with Gasteiger partial charge in [0.2, 0.25) is 5.91 Å².